The van der Waals surface area contributed by atoms with Crippen molar-refractivity contribution in [1.29, 1.82) is 0 Å². The molecular formula is C33H31FN6O4. The third kappa shape index (κ3) is 6.09. The summed E-state index contributed by atoms with van der Waals surface area (Å²) in [5, 5.41) is 6.22. The maximum atomic E-state index is 15.3. The number of benzene rings is 3. The molecule has 3 aromatic carbocycles. The lowest BCUT2D eigenvalue weighted by Crippen LogP contribution is -2.37. The molecule has 0 atom stereocenters. The molecule has 0 spiro atoms. The second-order valence-electron chi connectivity index (χ2n) is 10.5. The van der Waals surface area contributed by atoms with Crippen LogP contribution >= 0.6 is 0 Å². The van der Waals surface area contributed by atoms with Crippen LogP contribution in [0.2, 0.25) is 0 Å². The van der Waals surface area contributed by atoms with Crippen LogP contribution in [0.3, 0.4) is 0 Å². The number of halogens is 1. The molecule has 1 aliphatic heterocycles. The molecule has 0 unspecified atom stereocenters. The van der Waals surface area contributed by atoms with E-state index >= 15 is 4.39 Å². The van der Waals surface area contributed by atoms with E-state index in [9.17, 15) is 9.59 Å². The smallest absolute Gasteiger partial charge is 0.323 e. The van der Waals surface area contributed by atoms with E-state index < -0.39 is 11.8 Å². The molecule has 10 nitrogen and oxygen atoms in total. The number of anilines is 4. The number of hydrogen-bond acceptors (Lipinski definition) is 7. The highest BCUT2D eigenvalue weighted by Crippen LogP contribution is 2.34. The number of furan rings is 1. The highest BCUT2D eigenvalue weighted by molar-refractivity contribution is 6.00. The van der Waals surface area contributed by atoms with Gasteiger partial charge in [0.1, 0.15) is 23.2 Å². The monoisotopic (exact) mass is 594 g/mol. The van der Waals surface area contributed by atoms with Crippen molar-refractivity contribution in [3.05, 3.63) is 84.4 Å². The highest BCUT2D eigenvalue weighted by atomic mass is 19.1. The average Bonchev–Trinajstić information content (AvgIpc) is 3.46. The molecule has 0 saturated carbocycles. The molecule has 0 radical (unpaired) electrons. The average molecular weight is 595 g/mol. The lowest BCUT2D eigenvalue weighted by atomic mass is 10.1. The number of aromatic nitrogens is 2. The van der Waals surface area contributed by atoms with E-state index in [0.717, 1.165) is 11.3 Å². The van der Waals surface area contributed by atoms with Crippen molar-refractivity contribution < 1.29 is 23.1 Å². The van der Waals surface area contributed by atoms with Crippen LogP contribution < -0.4 is 20.4 Å². The number of urea groups is 1. The van der Waals surface area contributed by atoms with Gasteiger partial charge < -0.3 is 29.6 Å². The van der Waals surface area contributed by atoms with Crippen LogP contribution in [0.5, 0.6) is 0 Å². The molecule has 2 N–H and O–H groups in total. The Morgan fingerprint density at radius 2 is 1.57 bits per heavy atom. The minimum atomic E-state index is -0.412. The molecule has 5 aromatic rings. The number of fused-ring (bicyclic) bond motifs is 1. The number of carbonyl (C=O) groups is 2. The zero-order valence-corrected chi connectivity index (χ0v) is 24.6. The number of carbonyl (C=O) groups excluding carboxylic acids is 2. The zero-order valence-electron chi connectivity index (χ0n) is 24.6. The second-order valence-corrected chi connectivity index (χ2v) is 10.5. The van der Waals surface area contributed by atoms with Crippen LogP contribution in [0.15, 0.2) is 77.2 Å². The maximum Gasteiger partial charge on any atom is 0.323 e. The van der Waals surface area contributed by atoms with Gasteiger partial charge in [-0.15, -0.1) is 0 Å². The van der Waals surface area contributed by atoms with Gasteiger partial charge in [-0.25, -0.2) is 19.2 Å². The van der Waals surface area contributed by atoms with Crippen molar-refractivity contribution >= 4 is 45.7 Å². The number of nitrogens with one attached hydrogen (secondary N) is 2. The van der Waals surface area contributed by atoms with Crippen molar-refractivity contribution in [2.75, 3.05) is 53.8 Å². The van der Waals surface area contributed by atoms with Crippen LogP contribution in [0.1, 0.15) is 12.7 Å². The molecule has 224 valence electrons. The molecule has 2 aromatic heterocycles. The molecule has 0 aliphatic carbocycles. The minimum Gasteiger partial charge on any atom is -0.461 e. The van der Waals surface area contributed by atoms with Gasteiger partial charge in [0.05, 0.1) is 24.3 Å². The van der Waals surface area contributed by atoms with E-state index in [-0.39, 0.29) is 5.91 Å². The van der Waals surface area contributed by atoms with Gasteiger partial charge in [-0.3, -0.25) is 4.79 Å². The molecule has 1 saturated heterocycles. The molecular weight excluding hydrogens is 563 g/mol. The summed E-state index contributed by atoms with van der Waals surface area (Å²) in [6.45, 7) is 5.65. The molecule has 3 amide bonds. The van der Waals surface area contributed by atoms with Crippen LogP contribution in [0.25, 0.3) is 33.6 Å². The van der Waals surface area contributed by atoms with Crippen molar-refractivity contribution in [2.45, 2.75) is 13.8 Å². The Hall–Kier alpha value is -5.29. The molecule has 44 heavy (non-hydrogen) atoms. The first-order valence-electron chi connectivity index (χ1n) is 14.2. The van der Waals surface area contributed by atoms with Gasteiger partial charge in [0.15, 0.2) is 5.82 Å². The van der Waals surface area contributed by atoms with Gasteiger partial charge in [0.25, 0.3) is 0 Å². The topological polar surface area (TPSA) is 113 Å². The summed E-state index contributed by atoms with van der Waals surface area (Å²) >= 11 is 0. The SMILES string of the molecule is CC(=O)N(C)c1ccc(NC(=O)Nc2ccc(-c3nc(N4CCOCC4)c4cc(F)c(-c5ccc(C)o5)cc4n3)cc2)cc1. The third-order valence-corrected chi connectivity index (χ3v) is 7.47. The van der Waals surface area contributed by atoms with Crippen molar-refractivity contribution in [3.63, 3.8) is 0 Å². The Labute approximate surface area is 253 Å². The standard InChI is InChI=1S/C33H31FN6O4/c1-20-4-13-30(44-20)26-19-29-27(18-28(26)34)32(40-14-16-43-17-15-40)38-31(37-29)22-5-7-23(8-6-22)35-33(42)36-24-9-11-25(12-10-24)39(3)21(2)41/h4-13,18-19H,14-17H2,1-3H3,(H2,35,36,42). The van der Waals surface area contributed by atoms with Gasteiger partial charge in [0.2, 0.25) is 5.91 Å². The maximum absolute atomic E-state index is 15.3. The largest absolute Gasteiger partial charge is 0.461 e. The second kappa shape index (κ2) is 12.1. The van der Waals surface area contributed by atoms with E-state index in [1.54, 1.807) is 61.6 Å². The zero-order chi connectivity index (χ0) is 30.8. The van der Waals surface area contributed by atoms with Gasteiger partial charge in [-0.2, -0.15) is 0 Å². The normalized spacial score (nSPS) is 13.1. The summed E-state index contributed by atoms with van der Waals surface area (Å²) in [5.74, 6) is 1.74. The lowest BCUT2D eigenvalue weighted by molar-refractivity contribution is -0.116. The minimum absolute atomic E-state index is 0.0825. The summed E-state index contributed by atoms with van der Waals surface area (Å²) in [6, 6.07) is 20.5. The number of amides is 3. The molecule has 6 rings (SSSR count). The van der Waals surface area contributed by atoms with E-state index in [1.807, 2.05) is 19.1 Å². The Balaban J connectivity index is 1.25. The van der Waals surface area contributed by atoms with Crippen molar-refractivity contribution in [2.24, 2.45) is 0 Å². The van der Waals surface area contributed by atoms with Gasteiger partial charge in [-0.05, 0) is 79.7 Å². The first-order valence-corrected chi connectivity index (χ1v) is 14.2. The molecule has 3 heterocycles. The first-order chi connectivity index (χ1) is 21.2. The van der Waals surface area contributed by atoms with Gasteiger partial charge in [-0.1, -0.05) is 0 Å². The summed E-state index contributed by atoms with van der Waals surface area (Å²) in [5.41, 5.74) is 3.53. The van der Waals surface area contributed by atoms with Gasteiger partial charge >= 0.3 is 6.03 Å². The molecule has 1 fully saturated rings. The number of nitrogens with zero attached hydrogens (tertiary/aromatic N) is 4. The van der Waals surface area contributed by atoms with Crippen LogP contribution in [0.4, 0.5) is 32.1 Å². The molecule has 0 bridgehead atoms. The number of aryl methyl sites for hydroxylation is 1. The van der Waals surface area contributed by atoms with Crippen LogP contribution in [0, 0.1) is 12.7 Å². The Kier molecular flexibility index (Phi) is 7.95. The molecule has 11 heteroatoms. The van der Waals surface area contributed by atoms with Crippen molar-refractivity contribution in [3.8, 4) is 22.7 Å². The highest BCUT2D eigenvalue weighted by Gasteiger charge is 2.21. The molecule has 1 aliphatic rings. The number of morpholine rings is 1. The summed E-state index contributed by atoms with van der Waals surface area (Å²) in [7, 11) is 1.69. The number of rotatable bonds is 6. The fourth-order valence-corrected chi connectivity index (χ4v) is 4.99. The Morgan fingerprint density at radius 1 is 0.909 bits per heavy atom. The van der Waals surface area contributed by atoms with E-state index in [2.05, 4.69) is 15.5 Å². The van der Waals surface area contributed by atoms with Crippen molar-refractivity contribution in [1.82, 2.24) is 9.97 Å². The Morgan fingerprint density at radius 3 is 2.18 bits per heavy atom. The fraction of sp³-hybridized carbons (Fsp3) is 0.212. The van der Waals surface area contributed by atoms with Crippen LogP contribution in [-0.2, 0) is 9.53 Å². The van der Waals surface area contributed by atoms with Crippen LogP contribution in [-0.4, -0.2) is 55.3 Å². The third-order valence-electron chi connectivity index (χ3n) is 7.47. The Bertz CT molecular complexity index is 1830. The van der Waals surface area contributed by atoms with E-state index in [0.29, 0.717) is 77.3 Å². The summed E-state index contributed by atoms with van der Waals surface area (Å²) in [6.07, 6.45) is 0. The predicted octanol–water partition coefficient (Wildman–Crippen LogP) is 6.47. The fourth-order valence-electron chi connectivity index (χ4n) is 4.99. The summed E-state index contributed by atoms with van der Waals surface area (Å²) < 4.78 is 26.6. The van der Waals surface area contributed by atoms with Gasteiger partial charge in [0, 0.05) is 55.1 Å². The quantitative estimate of drug-likeness (QED) is 0.232. The number of ether oxygens (including phenoxy) is 1. The summed E-state index contributed by atoms with van der Waals surface area (Å²) in [4.78, 5) is 37.5. The van der Waals surface area contributed by atoms with E-state index in [4.69, 9.17) is 19.1 Å². The van der Waals surface area contributed by atoms with E-state index in [1.165, 1.54) is 17.9 Å². The predicted molar refractivity (Wildman–Crippen MR) is 169 cm³/mol. The number of hydrogen-bond donors (Lipinski definition) is 2. The first kappa shape index (κ1) is 28.8. The lowest BCUT2D eigenvalue weighted by Gasteiger charge is -2.29.